The van der Waals surface area contributed by atoms with E-state index in [0.29, 0.717) is 15.8 Å². The van der Waals surface area contributed by atoms with Gasteiger partial charge >= 0.3 is 5.97 Å². The zero-order chi connectivity index (χ0) is 26.8. The molecular weight excluding hydrogens is 535 g/mol. The van der Waals surface area contributed by atoms with Crippen LogP contribution in [0.3, 0.4) is 0 Å². The third-order valence-corrected chi connectivity index (χ3v) is 7.61. The number of sulfonamides is 1. The van der Waals surface area contributed by atoms with Crippen molar-refractivity contribution < 1.29 is 18.3 Å². The summed E-state index contributed by atoms with van der Waals surface area (Å²) in [7, 11) is -4.14. The van der Waals surface area contributed by atoms with Gasteiger partial charge in [-0.25, -0.2) is 27.9 Å². The summed E-state index contributed by atoms with van der Waals surface area (Å²) < 4.78 is 28.9. The van der Waals surface area contributed by atoms with Crippen molar-refractivity contribution in [3.05, 3.63) is 100 Å². The average Bonchev–Trinajstić information content (AvgIpc) is 3.30. The number of hydrogen-bond acceptors (Lipinski definition) is 5. The third-order valence-electron chi connectivity index (χ3n) is 5.76. The number of carboxylic acid groups (broad SMARTS) is 1. The van der Waals surface area contributed by atoms with E-state index in [4.69, 9.17) is 28.3 Å². The van der Waals surface area contributed by atoms with Gasteiger partial charge in [-0.3, -0.25) is 0 Å². The van der Waals surface area contributed by atoms with Crippen molar-refractivity contribution in [3.63, 3.8) is 0 Å². The zero-order valence-electron chi connectivity index (χ0n) is 20.0. The number of aliphatic imine (C=N–C) groups is 1. The Bertz CT molecular complexity index is 1460. The molecular formula is C26H24Cl2N4O4S. The average molecular weight is 559 g/mol. The van der Waals surface area contributed by atoms with E-state index in [9.17, 15) is 18.3 Å². The lowest BCUT2D eigenvalue weighted by Crippen LogP contribution is -2.44. The third kappa shape index (κ3) is 6.12. The maximum absolute atomic E-state index is 13.2. The van der Waals surface area contributed by atoms with Crippen molar-refractivity contribution >= 4 is 50.9 Å². The SMILES string of the molecule is CC(C)(N=C(NS(=O)(=O)c1ccc(Cl)cc1)N1CC(c2ccccc2)C(c2ccc(Cl)cc2)=N1)C(=O)O. The Morgan fingerprint density at radius 3 is 2.14 bits per heavy atom. The molecule has 0 saturated heterocycles. The van der Waals surface area contributed by atoms with Gasteiger partial charge in [-0.1, -0.05) is 65.7 Å². The quantitative estimate of drug-likeness (QED) is 0.327. The van der Waals surface area contributed by atoms with Crippen LogP contribution in [0.1, 0.15) is 30.9 Å². The molecule has 1 unspecified atom stereocenters. The minimum Gasteiger partial charge on any atom is -0.479 e. The summed E-state index contributed by atoms with van der Waals surface area (Å²) in [5.74, 6) is -1.69. The predicted molar refractivity (Wildman–Crippen MR) is 145 cm³/mol. The Kier molecular flexibility index (Phi) is 7.59. The molecule has 1 aliphatic heterocycles. The summed E-state index contributed by atoms with van der Waals surface area (Å²) in [6, 6.07) is 22.4. The van der Waals surface area contributed by atoms with Crippen molar-refractivity contribution in [2.24, 2.45) is 10.1 Å². The Morgan fingerprint density at radius 1 is 1.00 bits per heavy atom. The normalized spacial score (nSPS) is 16.4. The first-order valence-corrected chi connectivity index (χ1v) is 13.5. The topological polar surface area (TPSA) is 111 Å². The highest BCUT2D eigenvalue weighted by Gasteiger charge is 2.36. The largest absolute Gasteiger partial charge is 0.479 e. The number of aliphatic carboxylic acids is 1. The number of nitrogens with zero attached hydrogens (tertiary/aromatic N) is 3. The molecule has 0 saturated carbocycles. The monoisotopic (exact) mass is 558 g/mol. The van der Waals surface area contributed by atoms with Crippen LogP contribution in [0.4, 0.5) is 0 Å². The highest BCUT2D eigenvalue weighted by molar-refractivity contribution is 7.90. The van der Waals surface area contributed by atoms with Gasteiger partial charge in [0.2, 0.25) is 5.96 Å². The van der Waals surface area contributed by atoms with Crippen LogP contribution in [0.25, 0.3) is 0 Å². The molecule has 11 heteroatoms. The van der Waals surface area contributed by atoms with Crippen LogP contribution in [0, 0.1) is 0 Å². The molecule has 0 aliphatic carbocycles. The van der Waals surface area contributed by atoms with Gasteiger partial charge < -0.3 is 5.11 Å². The molecule has 0 fully saturated rings. The van der Waals surface area contributed by atoms with Crippen molar-refractivity contribution in [2.75, 3.05) is 6.54 Å². The minimum atomic E-state index is -4.14. The highest BCUT2D eigenvalue weighted by atomic mass is 35.5. The van der Waals surface area contributed by atoms with E-state index in [0.717, 1.165) is 11.1 Å². The van der Waals surface area contributed by atoms with Crippen molar-refractivity contribution in [2.45, 2.75) is 30.2 Å². The maximum Gasteiger partial charge on any atom is 0.331 e. The fourth-order valence-electron chi connectivity index (χ4n) is 3.70. The molecule has 0 aromatic heterocycles. The molecule has 3 aromatic carbocycles. The lowest BCUT2D eigenvalue weighted by Gasteiger charge is -2.23. The lowest BCUT2D eigenvalue weighted by atomic mass is 9.91. The first kappa shape index (κ1) is 26.7. The lowest BCUT2D eigenvalue weighted by molar-refractivity contribution is -0.141. The number of hydrazone groups is 1. The van der Waals surface area contributed by atoms with Gasteiger partial charge in [0.1, 0.15) is 0 Å². The molecule has 2 N–H and O–H groups in total. The van der Waals surface area contributed by atoms with Gasteiger partial charge in [0.25, 0.3) is 10.0 Å². The molecule has 1 heterocycles. The molecule has 37 heavy (non-hydrogen) atoms. The van der Waals surface area contributed by atoms with Crippen molar-refractivity contribution in [3.8, 4) is 0 Å². The molecule has 1 aliphatic rings. The molecule has 0 amide bonds. The van der Waals surface area contributed by atoms with Gasteiger partial charge in [0.15, 0.2) is 5.54 Å². The smallest absolute Gasteiger partial charge is 0.331 e. The number of carboxylic acids is 1. The van der Waals surface area contributed by atoms with E-state index in [-0.39, 0.29) is 23.3 Å². The van der Waals surface area contributed by atoms with E-state index < -0.39 is 21.5 Å². The molecule has 0 bridgehead atoms. The number of halogens is 2. The molecule has 3 aromatic rings. The first-order chi connectivity index (χ1) is 17.5. The second kappa shape index (κ2) is 10.5. The number of benzene rings is 3. The van der Waals surface area contributed by atoms with Crippen LogP contribution >= 0.6 is 23.2 Å². The predicted octanol–water partition coefficient (Wildman–Crippen LogP) is 4.99. The standard InChI is InChI=1S/C26H24Cl2N4O4S/c1-26(2,24(33)34)29-25(31-37(35,36)21-14-12-20(28)13-15-21)32-16-22(17-6-4-3-5-7-17)23(30-32)18-8-10-19(27)11-9-18/h3-15,22H,16H2,1-2H3,(H,29,31)(H,33,34). The van der Waals surface area contributed by atoms with E-state index in [1.54, 1.807) is 12.1 Å². The minimum absolute atomic E-state index is 0.0570. The molecule has 0 spiro atoms. The van der Waals surface area contributed by atoms with E-state index >= 15 is 0 Å². The summed E-state index contributed by atoms with van der Waals surface area (Å²) in [6.07, 6.45) is 0. The zero-order valence-corrected chi connectivity index (χ0v) is 22.3. The number of carbonyl (C=O) groups is 1. The van der Waals surface area contributed by atoms with Crippen LogP contribution in [-0.2, 0) is 14.8 Å². The number of hydrogen-bond donors (Lipinski definition) is 2. The summed E-state index contributed by atoms with van der Waals surface area (Å²) in [5.41, 5.74) is 0.766. The van der Waals surface area contributed by atoms with E-state index in [2.05, 4.69) is 9.71 Å². The molecule has 0 radical (unpaired) electrons. The Balaban J connectivity index is 1.80. The molecule has 4 rings (SSSR count). The van der Waals surface area contributed by atoms with Crippen LogP contribution < -0.4 is 4.72 Å². The molecule has 8 nitrogen and oxygen atoms in total. The van der Waals surface area contributed by atoms with E-state index in [1.807, 2.05) is 42.5 Å². The Labute approximate surface area is 225 Å². The Hall–Kier alpha value is -3.40. The van der Waals surface area contributed by atoms with Crippen LogP contribution in [0.15, 0.2) is 93.9 Å². The summed E-state index contributed by atoms with van der Waals surface area (Å²) in [5, 5.41) is 16.7. The van der Waals surface area contributed by atoms with Crippen LogP contribution in [0.5, 0.6) is 0 Å². The molecule has 192 valence electrons. The van der Waals surface area contributed by atoms with Gasteiger partial charge in [0.05, 0.1) is 17.2 Å². The number of guanidine groups is 1. The highest BCUT2D eigenvalue weighted by Crippen LogP contribution is 2.30. The fraction of sp³-hybridized carbons (Fsp3) is 0.192. The van der Waals surface area contributed by atoms with Crippen molar-refractivity contribution in [1.82, 2.24) is 9.73 Å². The second-order valence-corrected chi connectivity index (χ2v) is 11.5. The Morgan fingerprint density at radius 2 is 1.57 bits per heavy atom. The first-order valence-electron chi connectivity index (χ1n) is 11.2. The summed E-state index contributed by atoms with van der Waals surface area (Å²) in [4.78, 5) is 16.1. The van der Waals surface area contributed by atoms with Gasteiger partial charge in [-0.15, -0.1) is 0 Å². The van der Waals surface area contributed by atoms with Gasteiger partial charge in [0, 0.05) is 16.0 Å². The van der Waals surface area contributed by atoms with Gasteiger partial charge in [-0.2, -0.15) is 5.10 Å². The van der Waals surface area contributed by atoms with Crippen LogP contribution in [0.2, 0.25) is 10.0 Å². The second-order valence-electron chi connectivity index (χ2n) is 8.90. The number of rotatable bonds is 6. The molecule has 1 atom stereocenters. The van der Waals surface area contributed by atoms with Crippen molar-refractivity contribution in [1.29, 1.82) is 0 Å². The van der Waals surface area contributed by atoms with Gasteiger partial charge in [-0.05, 0) is 61.4 Å². The number of nitrogens with one attached hydrogen (secondary N) is 1. The summed E-state index contributed by atoms with van der Waals surface area (Å²) >= 11 is 12.0. The van der Waals surface area contributed by atoms with Crippen LogP contribution in [-0.4, -0.2) is 48.3 Å². The fourth-order valence-corrected chi connectivity index (χ4v) is 4.96. The van der Waals surface area contributed by atoms with E-state index in [1.165, 1.54) is 43.1 Å². The summed E-state index contributed by atoms with van der Waals surface area (Å²) in [6.45, 7) is 2.97. The maximum atomic E-state index is 13.2.